The normalized spacial score (nSPS) is 20.6. The number of amides is 1. The highest BCUT2D eigenvalue weighted by Crippen LogP contribution is 2.21. The van der Waals surface area contributed by atoms with Crippen molar-refractivity contribution in [1.29, 1.82) is 0 Å². The van der Waals surface area contributed by atoms with Crippen molar-refractivity contribution in [3.05, 3.63) is 30.6 Å². The number of para-hydroxylation sites is 2. The van der Waals surface area contributed by atoms with E-state index in [0.717, 1.165) is 11.0 Å². The molecule has 0 bridgehead atoms. The average molecular weight is 354 g/mol. The van der Waals surface area contributed by atoms with Crippen molar-refractivity contribution in [3.8, 4) is 0 Å². The molecule has 0 saturated carbocycles. The maximum absolute atomic E-state index is 12.6. The molecular formula is C17H21F3N4O. The van der Waals surface area contributed by atoms with Gasteiger partial charge in [0.1, 0.15) is 6.04 Å². The summed E-state index contributed by atoms with van der Waals surface area (Å²) in [7, 11) is 0. The van der Waals surface area contributed by atoms with Gasteiger partial charge in [0.05, 0.1) is 23.9 Å². The summed E-state index contributed by atoms with van der Waals surface area (Å²) in [6.45, 7) is 1.47. The van der Waals surface area contributed by atoms with Crippen LogP contribution in [0.15, 0.2) is 30.6 Å². The number of nitrogens with one attached hydrogen (secondary N) is 1. The lowest BCUT2D eigenvalue weighted by Gasteiger charge is -2.34. The van der Waals surface area contributed by atoms with Crippen molar-refractivity contribution in [2.24, 2.45) is 0 Å². The van der Waals surface area contributed by atoms with Gasteiger partial charge in [0.25, 0.3) is 0 Å². The summed E-state index contributed by atoms with van der Waals surface area (Å²) in [6.07, 6.45) is -1.26. The van der Waals surface area contributed by atoms with Crippen LogP contribution in [0.4, 0.5) is 13.2 Å². The first-order valence-corrected chi connectivity index (χ1v) is 8.34. The third-order valence-corrected chi connectivity index (χ3v) is 4.53. The second-order valence-corrected chi connectivity index (χ2v) is 6.51. The van der Waals surface area contributed by atoms with Crippen molar-refractivity contribution in [2.75, 3.05) is 19.6 Å². The molecule has 1 aromatic heterocycles. The van der Waals surface area contributed by atoms with Gasteiger partial charge in [-0.3, -0.25) is 9.69 Å². The van der Waals surface area contributed by atoms with Crippen LogP contribution in [-0.2, 0) is 4.79 Å². The molecule has 8 heteroatoms. The van der Waals surface area contributed by atoms with Crippen LogP contribution in [-0.4, -0.2) is 52.2 Å². The topological polar surface area (TPSA) is 50.2 Å². The first-order valence-electron chi connectivity index (χ1n) is 8.34. The summed E-state index contributed by atoms with van der Waals surface area (Å²) in [6, 6.07) is 6.76. The van der Waals surface area contributed by atoms with E-state index >= 15 is 0 Å². The second kappa shape index (κ2) is 7.03. The molecule has 0 aliphatic carbocycles. The molecule has 1 saturated heterocycles. The third kappa shape index (κ3) is 4.31. The minimum absolute atomic E-state index is 0.206. The molecule has 1 amide bonds. The minimum atomic E-state index is -4.21. The van der Waals surface area contributed by atoms with Crippen LogP contribution in [0.5, 0.6) is 0 Å². The van der Waals surface area contributed by atoms with Gasteiger partial charge in [0.15, 0.2) is 0 Å². The highest BCUT2D eigenvalue weighted by molar-refractivity contribution is 5.83. The monoisotopic (exact) mass is 354 g/mol. The zero-order valence-electron chi connectivity index (χ0n) is 14.0. The number of imidazole rings is 1. The molecule has 1 aromatic carbocycles. The Balaban J connectivity index is 1.63. The lowest BCUT2D eigenvalue weighted by atomic mass is 10.1. The lowest BCUT2D eigenvalue weighted by Crippen LogP contribution is -2.51. The van der Waals surface area contributed by atoms with Crippen LogP contribution in [0, 0.1) is 0 Å². The molecular weight excluding hydrogens is 333 g/mol. The number of alkyl halides is 3. The summed E-state index contributed by atoms with van der Waals surface area (Å²) in [5, 5.41) is 2.89. The number of aromatic nitrogens is 2. The fraction of sp³-hybridized carbons (Fsp3) is 0.529. The van der Waals surface area contributed by atoms with Gasteiger partial charge in [0.2, 0.25) is 5.91 Å². The van der Waals surface area contributed by atoms with Crippen LogP contribution in [0.25, 0.3) is 11.0 Å². The number of nitrogens with zero attached hydrogens (tertiary/aromatic N) is 3. The third-order valence-electron chi connectivity index (χ3n) is 4.53. The Bertz CT molecular complexity index is 743. The smallest absolute Gasteiger partial charge is 0.350 e. The highest BCUT2D eigenvalue weighted by atomic mass is 19.4. The molecule has 5 nitrogen and oxygen atoms in total. The maximum atomic E-state index is 12.6. The van der Waals surface area contributed by atoms with Crippen LogP contribution >= 0.6 is 0 Å². The van der Waals surface area contributed by atoms with E-state index in [1.165, 1.54) is 4.90 Å². The zero-order chi connectivity index (χ0) is 18.0. The number of carbonyl (C=O) groups is 1. The molecule has 1 N–H and O–H groups in total. The Morgan fingerprint density at radius 3 is 2.92 bits per heavy atom. The number of fused-ring (bicyclic) bond motifs is 1. The molecule has 0 radical (unpaired) electrons. The van der Waals surface area contributed by atoms with Crippen molar-refractivity contribution >= 4 is 16.9 Å². The molecule has 0 spiro atoms. The maximum Gasteiger partial charge on any atom is 0.401 e. The first kappa shape index (κ1) is 17.7. The molecule has 3 rings (SSSR count). The molecule has 1 aliphatic heterocycles. The van der Waals surface area contributed by atoms with Crippen molar-refractivity contribution in [3.63, 3.8) is 0 Å². The number of hydrogen-bond donors (Lipinski definition) is 1. The molecule has 2 unspecified atom stereocenters. The fourth-order valence-corrected chi connectivity index (χ4v) is 3.31. The van der Waals surface area contributed by atoms with Crippen molar-refractivity contribution < 1.29 is 18.0 Å². The van der Waals surface area contributed by atoms with Gasteiger partial charge in [0, 0.05) is 12.6 Å². The van der Waals surface area contributed by atoms with E-state index in [0.29, 0.717) is 19.4 Å². The Hall–Kier alpha value is -2.09. The number of benzene rings is 1. The summed E-state index contributed by atoms with van der Waals surface area (Å²) in [4.78, 5) is 18.2. The Morgan fingerprint density at radius 1 is 1.40 bits per heavy atom. The molecule has 2 aromatic rings. The number of halogens is 3. The number of likely N-dealkylation sites (tertiary alicyclic amines) is 1. The van der Waals surface area contributed by atoms with E-state index in [-0.39, 0.29) is 18.5 Å². The highest BCUT2D eigenvalue weighted by Gasteiger charge is 2.33. The van der Waals surface area contributed by atoms with E-state index in [1.807, 2.05) is 24.3 Å². The Labute approximate surface area is 143 Å². The summed E-state index contributed by atoms with van der Waals surface area (Å²) in [5.41, 5.74) is 1.66. The SMILES string of the molecule is CC(C(=O)NC1CCCN(CC(F)(F)F)C1)n1cnc2ccccc21. The Kier molecular flexibility index (Phi) is 4.99. The van der Waals surface area contributed by atoms with Gasteiger partial charge < -0.3 is 9.88 Å². The molecule has 2 atom stereocenters. The van der Waals surface area contributed by atoms with Crippen LogP contribution in [0.1, 0.15) is 25.8 Å². The van der Waals surface area contributed by atoms with Gasteiger partial charge in [-0.1, -0.05) is 12.1 Å². The van der Waals surface area contributed by atoms with Gasteiger partial charge in [-0.05, 0) is 38.4 Å². The molecule has 2 heterocycles. The van der Waals surface area contributed by atoms with Crippen LogP contribution < -0.4 is 5.32 Å². The number of carbonyl (C=O) groups excluding carboxylic acids is 1. The fourth-order valence-electron chi connectivity index (χ4n) is 3.31. The minimum Gasteiger partial charge on any atom is -0.350 e. The molecule has 25 heavy (non-hydrogen) atoms. The summed E-state index contributed by atoms with van der Waals surface area (Å²) >= 11 is 0. The van der Waals surface area contributed by atoms with Crippen LogP contribution in [0.3, 0.4) is 0 Å². The predicted octanol–water partition coefficient (Wildman–Crippen LogP) is 2.74. The number of rotatable bonds is 4. The van der Waals surface area contributed by atoms with E-state index in [9.17, 15) is 18.0 Å². The van der Waals surface area contributed by atoms with E-state index in [2.05, 4.69) is 10.3 Å². The van der Waals surface area contributed by atoms with Gasteiger partial charge in [-0.2, -0.15) is 13.2 Å². The zero-order valence-corrected chi connectivity index (χ0v) is 14.0. The van der Waals surface area contributed by atoms with Crippen LogP contribution in [0.2, 0.25) is 0 Å². The molecule has 1 aliphatic rings. The van der Waals surface area contributed by atoms with Gasteiger partial charge >= 0.3 is 6.18 Å². The van der Waals surface area contributed by atoms with Gasteiger partial charge in [-0.15, -0.1) is 0 Å². The average Bonchev–Trinajstić information content (AvgIpc) is 2.96. The van der Waals surface area contributed by atoms with Crippen molar-refractivity contribution in [2.45, 2.75) is 38.0 Å². The largest absolute Gasteiger partial charge is 0.401 e. The predicted molar refractivity (Wildman–Crippen MR) is 88.1 cm³/mol. The summed E-state index contributed by atoms with van der Waals surface area (Å²) in [5.74, 6) is -0.206. The number of piperidine rings is 1. The first-order chi connectivity index (χ1) is 11.8. The van der Waals surface area contributed by atoms with E-state index in [4.69, 9.17) is 0 Å². The van der Waals surface area contributed by atoms with E-state index < -0.39 is 18.8 Å². The molecule has 136 valence electrons. The molecule has 1 fully saturated rings. The Morgan fingerprint density at radius 2 is 2.16 bits per heavy atom. The van der Waals surface area contributed by atoms with Gasteiger partial charge in [-0.25, -0.2) is 4.98 Å². The second-order valence-electron chi connectivity index (χ2n) is 6.51. The number of hydrogen-bond acceptors (Lipinski definition) is 3. The lowest BCUT2D eigenvalue weighted by molar-refractivity contribution is -0.148. The quantitative estimate of drug-likeness (QED) is 0.919. The summed E-state index contributed by atoms with van der Waals surface area (Å²) < 4.78 is 39.4. The van der Waals surface area contributed by atoms with Crippen molar-refractivity contribution in [1.82, 2.24) is 19.8 Å². The standard InChI is InChI=1S/C17H21F3N4O/c1-12(24-11-21-14-6-2-3-7-15(14)24)16(25)22-13-5-4-8-23(9-13)10-17(18,19)20/h2-3,6-7,11-13H,4-5,8-10H2,1H3,(H,22,25). The van der Waals surface area contributed by atoms with E-state index in [1.54, 1.807) is 17.8 Å².